The molecule has 0 unspecified atom stereocenters. The van der Waals surface area contributed by atoms with Gasteiger partial charge in [-0.05, 0) is 32.5 Å². The van der Waals surface area contributed by atoms with Crippen LogP contribution in [0.3, 0.4) is 0 Å². The van der Waals surface area contributed by atoms with Gasteiger partial charge in [-0.25, -0.2) is 0 Å². The third-order valence-corrected chi connectivity index (χ3v) is 3.14. The van der Waals surface area contributed by atoms with Crippen molar-refractivity contribution in [3.8, 4) is 0 Å². The highest BCUT2D eigenvalue weighted by Crippen LogP contribution is 2.01. The third-order valence-electron chi connectivity index (χ3n) is 3.14. The third kappa shape index (κ3) is 4.52. The van der Waals surface area contributed by atoms with Gasteiger partial charge in [0.1, 0.15) is 0 Å². The fourth-order valence-corrected chi connectivity index (χ4v) is 1.96. The lowest BCUT2D eigenvalue weighted by Gasteiger charge is -2.23. The maximum Gasteiger partial charge on any atom is 0.250 e. The normalized spacial score (nSPS) is 10.8. The zero-order valence-corrected chi connectivity index (χ0v) is 12.2. The van der Waals surface area contributed by atoms with Gasteiger partial charge in [0.2, 0.25) is 5.91 Å². The summed E-state index contributed by atoms with van der Waals surface area (Å²) >= 11 is 0. The number of carbonyl (C=O) groups excluding carboxylic acids is 1. The Balaban J connectivity index is 2.59. The van der Waals surface area contributed by atoms with Crippen LogP contribution < -0.4 is 5.56 Å². The second kappa shape index (κ2) is 7.09. The van der Waals surface area contributed by atoms with E-state index in [-0.39, 0.29) is 11.5 Å². The summed E-state index contributed by atoms with van der Waals surface area (Å²) in [5, 5.41) is 0. The minimum absolute atomic E-state index is 0.0269. The van der Waals surface area contributed by atoms with Gasteiger partial charge in [-0.3, -0.25) is 14.5 Å². The summed E-state index contributed by atoms with van der Waals surface area (Å²) in [6.07, 6.45) is 1.75. The molecule has 0 fully saturated rings. The van der Waals surface area contributed by atoms with Gasteiger partial charge in [-0.1, -0.05) is 0 Å². The van der Waals surface area contributed by atoms with Crippen LogP contribution >= 0.6 is 0 Å². The number of pyridine rings is 1. The lowest BCUT2D eigenvalue weighted by Crippen LogP contribution is -2.38. The molecule has 1 rings (SSSR count). The van der Waals surface area contributed by atoms with Gasteiger partial charge < -0.3 is 9.47 Å². The first kappa shape index (κ1) is 15.4. The monoisotopic (exact) mass is 265 g/mol. The number of hydrogen-bond donors (Lipinski definition) is 0. The molecule has 0 saturated heterocycles. The zero-order chi connectivity index (χ0) is 14.4. The Labute approximate surface area is 114 Å². The van der Waals surface area contributed by atoms with Crippen LogP contribution in [-0.2, 0) is 18.4 Å². The molecule has 106 valence electrons. The highest BCUT2D eigenvalue weighted by Gasteiger charge is 2.12. The highest BCUT2D eigenvalue weighted by molar-refractivity contribution is 5.78. The number of hydrogen-bond acceptors (Lipinski definition) is 3. The van der Waals surface area contributed by atoms with Gasteiger partial charge in [0.05, 0.1) is 6.54 Å². The number of likely N-dealkylation sites (N-methyl/N-ethyl adjacent to an activating group) is 2. The van der Waals surface area contributed by atoms with Crippen LogP contribution in [-0.4, -0.2) is 47.0 Å². The Hall–Kier alpha value is -1.62. The molecule has 0 aliphatic rings. The number of carbonyl (C=O) groups is 1. The van der Waals surface area contributed by atoms with Crippen molar-refractivity contribution in [3.63, 3.8) is 0 Å². The molecule has 0 aromatic carbocycles. The lowest BCUT2D eigenvalue weighted by atomic mass is 10.2. The van der Waals surface area contributed by atoms with E-state index in [1.54, 1.807) is 24.2 Å². The van der Waals surface area contributed by atoms with Gasteiger partial charge in [0.25, 0.3) is 5.56 Å². The van der Waals surface area contributed by atoms with Crippen molar-refractivity contribution >= 4 is 5.91 Å². The molecule has 0 spiro atoms. The number of aromatic nitrogens is 1. The number of aryl methyl sites for hydroxylation is 1. The maximum atomic E-state index is 11.9. The van der Waals surface area contributed by atoms with E-state index in [9.17, 15) is 9.59 Å². The van der Waals surface area contributed by atoms with Crippen LogP contribution in [0.5, 0.6) is 0 Å². The van der Waals surface area contributed by atoms with Crippen LogP contribution in [0.15, 0.2) is 23.1 Å². The number of amides is 1. The van der Waals surface area contributed by atoms with Gasteiger partial charge >= 0.3 is 0 Å². The topological polar surface area (TPSA) is 45.6 Å². The van der Waals surface area contributed by atoms with E-state index in [4.69, 9.17) is 0 Å². The molecular weight excluding hydrogens is 242 g/mol. The fraction of sp³-hybridized carbons (Fsp3) is 0.571. The van der Waals surface area contributed by atoms with E-state index in [2.05, 4.69) is 0 Å². The quantitative estimate of drug-likeness (QED) is 0.760. The summed E-state index contributed by atoms with van der Waals surface area (Å²) in [6, 6.07) is 3.51. The molecule has 19 heavy (non-hydrogen) atoms. The molecule has 0 aliphatic heterocycles. The summed E-state index contributed by atoms with van der Waals surface area (Å²) in [5.41, 5.74) is 0.902. The Morgan fingerprint density at radius 3 is 2.47 bits per heavy atom. The van der Waals surface area contributed by atoms with E-state index in [0.717, 1.165) is 18.7 Å². The van der Waals surface area contributed by atoms with Crippen molar-refractivity contribution < 1.29 is 4.79 Å². The van der Waals surface area contributed by atoms with Gasteiger partial charge in [0.15, 0.2) is 0 Å². The van der Waals surface area contributed by atoms with E-state index >= 15 is 0 Å². The minimum Gasteiger partial charge on any atom is -0.342 e. The predicted molar refractivity (Wildman–Crippen MR) is 75.9 cm³/mol. The first-order valence-corrected chi connectivity index (χ1v) is 6.59. The highest BCUT2D eigenvalue weighted by atomic mass is 16.2. The number of nitrogens with zero attached hydrogens (tertiary/aromatic N) is 3. The van der Waals surface area contributed by atoms with Crippen molar-refractivity contribution in [3.05, 3.63) is 34.2 Å². The average Bonchev–Trinajstić information content (AvgIpc) is 2.35. The van der Waals surface area contributed by atoms with Crippen molar-refractivity contribution in [1.29, 1.82) is 0 Å². The summed E-state index contributed by atoms with van der Waals surface area (Å²) in [7, 11) is 3.61. The molecule has 0 aliphatic carbocycles. The lowest BCUT2D eigenvalue weighted by molar-refractivity contribution is -0.131. The summed E-state index contributed by atoms with van der Waals surface area (Å²) in [4.78, 5) is 27.2. The Bertz CT molecular complexity index is 478. The maximum absolute atomic E-state index is 11.9. The van der Waals surface area contributed by atoms with E-state index in [0.29, 0.717) is 13.1 Å². The molecule has 5 heteroatoms. The first-order chi connectivity index (χ1) is 8.97. The van der Waals surface area contributed by atoms with Crippen LogP contribution in [0, 0.1) is 0 Å². The Morgan fingerprint density at radius 2 is 1.95 bits per heavy atom. The van der Waals surface area contributed by atoms with Gasteiger partial charge in [0, 0.05) is 38.9 Å². The minimum atomic E-state index is -0.0269. The van der Waals surface area contributed by atoms with E-state index in [1.165, 1.54) is 4.57 Å². The number of rotatable bonds is 6. The summed E-state index contributed by atoms with van der Waals surface area (Å²) in [5.74, 6) is 0.122. The average molecular weight is 265 g/mol. The summed E-state index contributed by atoms with van der Waals surface area (Å²) in [6.45, 7) is 6.38. The molecule has 1 amide bonds. The van der Waals surface area contributed by atoms with Crippen molar-refractivity contribution in [2.45, 2.75) is 20.4 Å². The molecule has 0 N–H and O–H groups in total. The van der Waals surface area contributed by atoms with Crippen LogP contribution in [0.4, 0.5) is 0 Å². The molecule has 1 aromatic heterocycles. The second-order valence-corrected chi connectivity index (χ2v) is 4.72. The van der Waals surface area contributed by atoms with Crippen molar-refractivity contribution in [2.75, 3.05) is 26.7 Å². The molecule has 1 aromatic rings. The van der Waals surface area contributed by atoms with Crippen molar-refractivity contribution in [1.82, 2.24) is 14.4 Å². The molecule has 0 atom stereocenters. The molecule has 0 radical (unpaired) electrons. The first-order valence-electron chi connectivity index (χ1n) is 6.59. The molecule has 0 saturated carbocycles. The Morgan fingerprint density at radius 1 is 1.32 bits per heavy atom. The second-order valence-electron chi connectivity index (χ2n) is 4.72. The fourth-order valence-electron chi connectivity index (χ4n) is 1.96. The molecule has 0 bridgehead atoms. The summed E-state index contributed by atoms with van der Waals surface area (Å²) < 4.78 is 1.53. The van der Waals surface area contributed by atoms with Crippen LogP contribution in [0.2, 0.25) is 0 Å². The van der Waals surface area contributed by atoms with E-state index in [1.807, 2.05) is 31.9 Å². The van der Waals surface area contributed by atoms with Gasteiger partial charge in [-0.2, -0.15) is 0 Å². The molecular formula is C14H23N3O2. The smallest absolute Gasteiger partial charge is 0.250 e. The molecule has 5 nitrogen and oxygen atoms in total. The largest absolute Gasteiger partial charge is 0.342 e. The van der Waals surface area contributed by atoms with E-state index < -0.39 is 0 Å². The van der Waals surface area contributed by atoms with Crippen molar-refractivity contribution in [2.24, 2.45) is 7.05 Å². The predicted octanol–water partition coefficient (Wildman–Crippen LogP) is 0.685. The van der Waals surface area contributed by atoms with Gasteiger partial charge in [-0.15, -0.1) is 0 Å². The SMILES string of the molecule is CCN(CC)C(=O)CN(C)Cc1ccn(C)c(=O)c1. The molecule has 1 heterocycles. The zero-order valence-electron chi connectivity index (χ0n) is 12.2. The van der Waals surface area contributed by atoms with Crippen LogP contribution in [0.25, 0.3) is 0 Å². The standard InChI is InChI=1S/C14H23N3O2/c1-5-17(6-2)14(19)11-15(3)10-12-7-8-16(4)13(18)9-12/h7-9H,5-6,10-11H2,1-4H3. The van der Waals surface area contributed by atoms with Crippen LogP contribution in [0.1, 0.15) is 19.4 Å². The Kier molecular flexibility index (Phi) is 5.76.